The molecule has 1 aliphatic rings. The lowest BCUT2D eigenvalue weighted by Gasteiger charge is -2.34. The molecule has 1 rings (SSSR count). The molecule has 0 heterocycles. The van der Waals surface area contributed by atoms with Gasteiger partial charge >= 0.3 is 5.97 Å². The molecule has 0 aromatic heterocycles. The molecule has 0 spiro atoms. The van der Waals surface area contributed by atoms with Gasteiger partial charge in [-0.3, -0.25) is 4.79 Å². The number of hydrogen-bond donors (Lipinski definition) is 2. The van der Waals surface area contributed by atoms with Crippen molar-refractivity contribution in [2.24, 2.45) is 11.8 Å². The Bertz CT molecular complexity index is 285. The largest absolute Gasteiger partial charge is 0.480 e. The summed E-state index contributed by atoms with van der Waals surface area (Å²) in [6.45, 7) is 9.17. The summed E-state index contributed by atoms with van der Waals surface area (Å²) in [6, 6.07) is 0. The van der Waals surface area contributed by atoms with Crippen molar-refractivity contribution in [1.82, 2.24) is 5.32 Å². The summed E-state index contributed by atoms with van der Waals surface area (Å²) in [7, 11) is 0. The van der Waals surface area contributed by atoms with Gasteiger partial charge in [-0.1, -0.05) is 20.8 Å². The van der Waals surface area contributed by atoms with E-state index in [1.807, 2.05) is 6.92 Å². The fourth-order valence-electron chi connectivity index (χ4n) is 2.88. The average Bonchev–Trinajstić information content (AvgIpc) is 2.32. The van der Waals surface area contributed by atoms with Gasteiger partial charge in [0.25, 0.3) is 0 Å². The molecule has 4 nitrogen and oxygen atoms in total. The maximum Gasteiger partial charge on any atom is 0.326 e. The molecule has 0 aromatic carbocycles. The Balaban J connectivity index is 2.49. The average molecular weight is 271 g/mol. The van der Waals surface area contributed by atoms with Gasteiger partial charge in [0.15, 0.2) is 0 Å². The highest BCUT2D eigenvalue weighted by molar-refractivity contribution is 5.78. The lowest BCUT2D eigenvalue weighted by Crippen LogP contribution is -2.54. The molecule has 0 aliphatic heterocycles. The second-order valence-corrected chi connectivity index (χ2v) is 6.41. The van der Waals surface area contributed by atoms with Gasteiger partial charge in [-0.15, -0.1) is 0 Å². The molecule has 4 heteroatoms. The quantitative estimate of drug-likeness (QED) is 0.747. The summed E-state index contributed by atoms with van der Waals surface area (Å²) < 4.78 is 5.90. The Kier molecular flexibility index (Phi) is 6.27. The Morgan fingerprint density at radius 2 is 1.89 bits per heavy atom. The van der Waals surface area contributed by atoms with E-state index in [2.05, 4.69) is 19.2 Å². The van der Waals surface area contributed by atoms with Crippen LogP contribution in [0.3, 0.4) is 0 Å². The first-order chi connectivity index (χ1) is 8.87. The van der Waals surface area contributed by atoms with Gasteiger partial charge in [-0.2, -0.15) is 0 Å². The molecule has 19 heavy (non-hydrogen) atoms. The van der Waals surface area contributed by atoms with Crippen LogP contribution in [0.5, 0.6) is 0 Å². The van der Waals surface area contributed by atoms with Crippen LogP contribution in [-0.4, -0.2) is 35.9 Å². The molecular formula is C15H29NO3. The molecule has 0 saturated heterocycles. The Morgan fingerprint density at radius 1 is 1.32 bits per heavy atom. The summed E-state index contributed by atoms with van der Waals surface area (Å²) in [5.74, 6) is 0.514. The van der Waals surface area contributed by atoms with Crippen LogP contribution in [0.2, 0.25) is 0 Å². The van der Waals surface area contributed by atoms with E-state index in [0.717, 1.165) is 19.3 Å². The number of aliphatic carboxylic acids is 1. The minimum absolute atomic E-state index is 0.209. The fourth-order valence-corrected chi connectivity index (χ4v) is 2.88. The first-order valence-corrected chi connectivity index (χ1v) is 7.47. The Morgan fingerprint density at radius 3 is 2.37 bits per heavy atom. The van der Waals surface area contributed by atoms with Crippen LogP contribution in [0.25, 0.3) is 0 Å². The van der Waals surface area contributed by atoms with E-state index in [4.69, 9.17) is 4.74 Å². The molecule has 112 valence electrons. The van der Waals surface area contributed by atoms with E-state index >= 15 is 0 Å². The minimum atomic E-state index is -0.972. The van der Waals surface area contributed by atoms with Crippen molar-refractivity contribution in [3.05, 3.63) is 0 Å². The highest BCUT2D eigenvalue weighted by atomic mass is 16.5. The number of carboxylic acids is 1. The topological polar surface area (TPSA) is 58.6 Å². The molecular weight excluding hydrogens is 242 g/mol. The van der Waals surface area contributed by atoms with E-state index in [-0.39, 0.29) is 12.7 Å². The number of carbonyl (C=O) groups is 1. The lowest BCUT2D eigenvalue weighted by atomic mass is 9.81. The van der Waals surface area contributed by atoms with Crippen molar-refractivity contribution in [1.29, 1.82) is 0 Å². The first-order valence-electron chi connectivity index (χ1n) is 7.47. The number of rotatable bonds is 7. The predicted molar refractivity (Wildman–Crippen MR) is 76.3 cm³/mol. The summed E-state index contributed by atoms with van der Waals surface area (Å²) in [5, 5.41) is 12.4. The summed E-state index contributed by atoms with van der Waals surface area (Å²) in [6.07, 6.45) is 4.48. The second kappa shape index (κ2) is 7.25. The molecule has 1 saturated carbocycles. The lowest BCUT2D eigenvalue weighted by molar-refractivity contribution is -0.148. The van der Waals surface area contributed by atoms with E-state index in [0.29, 0.717) is 18.4 Å². The van der Waals surface area contributed by atoms with Gasteiger partial charge < -0.3 is 15.2 Å². The monoisotopic (exact) mass is 271 g/mol. The third-order valence-corrected chi connectivity index (χ3v) is 3.98. The number of hydrogen-bond acceptors (Lipinski definition) is 3. The van der Waals surface area contributed by atoms with Crippen LogP contribution >= 0.6 is 0 Å². The Hall–Kier alpha value is -0.610. The molecule has 0 amide bonds. The van der Waals surface area contributed by atoms with E-state index in [1.54, 1.807) is 6.92 Å². The molecule has 3 atom stereocenters. The number of nitrogens with one attached hydrogen (secondary N) is 1. The molecule has 1 fully saturated rings. The SMILES string of the molecule is CCCNC(C)(COC1CC(C)CC(C)C1)C(=O)O. The van der Waals surface area contributed by atoms with Crippen molar-refractivity contribution in [2.75, 3.05) is 13.2 Å². The van der Waals surface area contributed by atoms with Gasteiger partial charge in [-0.05, 0) is 51.0 Å². The fraction of sp³-hybridized carbons (Fsp3) is 0.933. The highest BCUT2D eigenvalue weighted by Gasteiger charge is 2.34. The Labute approximate surface area is 116 Å². The van der Waals surface area contributed by atoms with Crippen molar-refractivity contribution >= 4 is 5.97 Å². The molecule has 0 radical (unpaired) electrons. The van der Waals surface area contributed by atoms with Crippen molar-refractivity contribution in [3.63, 3.8) is 0 Å². The predicted octanol–water partition coefficient (Wildman–Crippen LogP) is 2.67. The zero-order valence-corrected chi connectivity index (χ0v) is 12.7. The highest BCUT2D eigenvalue weighted by Crippen LogP contribution is 2.30. The maximum atomic E-state index is 11.4. The zero-order valence-electron chi connectivity index (χ0n) is 12.7. The van der Waals surface area contributed by atoms with E-state index in [1.165, 1.54) is 6.42 Å². The number of ether oxygens (including phenoxy) is 1. The van der Waals surface area contributed by atoms with Gasteiger partial charge in [0.1, 0.15) is 5.54 Å². The van der Waals surface area contributed by atoms with Crippen molar-refractivity contribution < 1.29 is 14.6 Å². The van der Waals surface area contributed by atoms with Gasteiger partial charge in [-0.25, -0.2) is 0 Å². The molecule has 2 N–H and O–H groups in total. The first kappa shape index (κ1) is 16.4. The summed E-state index contributed by atoms with van der Waals surface area (Å²) in [4.78, 5) is 11.4. The summed E-state index contributed by atoms with van der Waals surface area (Å²) >= 11 is 0. The van der Waals surface area contributed by atoms with E-state index in [9.17, 15) is 9.90 Å². The maximum absolute atomic E-state index is 11.4. The van der Waals surface area contributed by atoms with Crippen molar-refractivity contribution in [2.45, 2.75) is 65.0 Å². The third kappa shape index (κ3) is 5.11. The van der Waals surface area contributed by atoms with Crippen LogP contribution in [0.15, 0.2) is 0 Å². The van der Waals surface area contributed by atoms with Crippen LogP contribution < -0.4 is 5.32 Å². The summed E-state index contributed by atoms with van der Waals surface area (Å²) in [5.41, 5.74) is -0.972. The normalized spacial score (nSPS) is 30.8. The third-order valence-electron chi connectivity index (χ3n) is 3.98. The van der Waals surface area contributed by atoms with Crippen LogP contribution in [0, 0.1) is 11.8 Å². The molecule has 0 aromatic rings. The number of carboxylic acid groups (broad SMARTS) is 1. The second-order valence-electron chi connectivity index (χ2n) is 6.41. The van der Waals surface area contributed by atoms with Gasteiger partial charge in [0.05, 0.1) is 12.7 Å². The standard InChI is InChI=1S/C15H29NO3/c1-5-6-16-15(4,14(17)18)10-19-13-8-11(2)7-12(3)9-13/h11-13,16H,5-10H2,1-4H3,(H,17,18). The zero-order chi connectivity index (χ0) is 14.5. The van der Waals surface area contributed by atoms with Crippen LogP contribution in [0.4, 0.5) is 0 Å². The van der Waals surface area contributed by atoms with Crippen LogP contribution in [0.1, 0.15) is 53.4 Å². The minimum Gasteiger partial charge on any atom is -0.480 e. The molecule has 0 bridgehead atoms. The van der Waals surface area contributed by atoms with Gasteiger partial charge in [0, 0.05) is 0 Å². The molecule has 3 unspecified atom stereocenters. The smallest absolute Gasteiger partial charge is 0.326 e. The van der Waals surface area contributed by atoms with E-state index < -0.39 is 11.5 Å². The van der Waals surface area contributed by atoms with Crippen LogP contribution in [-0.2, 0) is 9.53 Å². The molecule has 1 aliphatic carbocycles. The van der Waals surface area contributed by atoms with Crippen molar-refractivity contribution in [3.8, 4) is 0 Å². The van der Waals surface area contributed by atoms with Gasteiger partial charge in [0.2, 0.25) is 0 Å².